The molecule has 2 aromatic heterocycles. The minimum Gasteiger partial charge on any atom is -0.497 e. The molecule has 0 aliphatic rings. The van der Waals surface area contributed by atoms with E-state index in [4.69, 9.17) is 9.47 Å². The number of H-pyrrole nitrogens is 1. The van der Waals surface area contributed by atoms with Gasteiger partial charge in [-0.05, 0) is 35.9 Å². The molecule has 4 aromatic rings. The summed E-state index contributed by atoms with van der Waals surface area (Å²) in [5.74, 6) is 1.56. The molecule has 0 spiro atoms. The van der Waals surface area contributed by atoms with Crippen molar-refractivity contribution in [2.75, 3.05) is 14.2 Å². The molecule has 0 amide bonds. The summed E-state index contributed by atoms with van der Waals surface area (Å²) in [4.78, 5) is 14.2. The summed E-state index contributed by atoms with van der Waals surface area (Å²) in [6, 6.07) is 14.1. The van der Waals surface area contributed by atoms with E-state index in [1.807, 2.05) is 36.4 Å². The van der Waals surface area contributed by atoms with Gasteiger partial charge in [-0.2, -0.15) is 0 Å². The van der Waals surface area contributed by atoms with E-state index >= 15 is 0 Å². The van der Waals surface area contributed by atoms with Crippen LogP contribution < -0.4 is 24.2 Å². The predicted molar refractivity (Wildman–Crippen MR) is 114 cm³/mol. The maximum Gasteiger partial charge on any atom is 0.305 e. The zero-order valence-corrected chi connectivity index (χ0v) is 16.5. The third kappa shape index (κ3) is 3.34. The molecule has 0 unspecified atom stereocenters. The number of fused-ring (bicyclic) bond motifs is 1. The Labute approximate surface area is 165 Å². The summed E-state index contributed by atoms with van der Waals surface area (Å²) in [5, 5.41) is 1.77. The number of rotatable bonds is 5. The van der Waals surface area contributed by atoms with Gasteiger partial charge in [0.15, 0.2) is 0 Å². The first-order valence-electron chi connectivity index (χ1n) is 8.77. The topological polar surface area (TPSA) is 56.2 Å². The Hall–Kier alpha value is -3.25. The van der Waals surface area contributed by atoms with Crippen molar-refractivity contribution in [3.8, 4) is 11.5 Å². The van der Waals surface area contributed by atoms with Crippen LogP contribution in [0.2, 0.25) is 0 Å². The lowest BCUT2D eigenvalue weighted by atomic mass is 10.1. The molecule has 0 saturated carbocycles. The number of aromatic amines is 1. The van der Waals surface area contributed by atoms with Crippen molar-refractivity contribution in [2.45, 2.75) is 6.54 Å². The summed E-state index contributed by atoms with van der Waals surface area (Å²) in [6.07, 6.45) is 4.07. The minimum absolute atomic E-state index is 0.0902. The lowest BCUT2D eigenvalue weighted by Gasteiger charge is -2.12. The van der Waals surface area contributed by atoms with E-state index in [0.717, 1.165) is 38.1 Å². The van der Waals surface area contributed by atoms with Crippen molar-refractivity contribution in [3.63, 3.8) is 0 Å². The van der Waals surface area contributed by atoms with E-state index in [9.17, 15) is 4.79 Å². The zero-order chi connectivity index (χ0) is 19.7. The molecule has 142 valence electrons. The summed E-state index contributed by atoms with van der Waals surface area (Å²) in [5.41, 5.74) is 3.23. The number of nitrogens with one attached hydrogen (secondary N) is 1. The van der Waals surface area contributed by atoms with E-state index in [1.54, 1.807) is 14.2 Å². The van der Waals surface area contributed by atoms with E-state index in [1.165, 1.54) is 11.3 Å². The van der Waals surface area contributed by atoms with Gasteiger partial charge >= 0.3 is 4.87 Å². The third-order valence-corrected chi connectivity index (χ3v) is 5.59. The van der Waals surface area contributed by atoms with Crippen LogP contribution in [0.25, 0.3) is 23.6 Å². The quantitative estimate of drug-likeness (QED) is 0.568. The van der Waals surface area contributed by atoms with Crippen LogP contribution in [0.4, 0.5) is 0 Å². The highest BCUT2D eigenvalue weighted by molar-refractivity contribution is 7.07. The Morgan fingerprint density at radius 1 is 1.18 bits per heavy atom. The van der Waals surface area contributed by atoms with Gasteiger partial charge in [-0.1, -0.05) is 30.0 Å². The summed E-state index contributed by atoms with van der Waals surface area (Å²) in [7, 11) is 3.31. The van der Waals surface area contributed by atoms with Crippen molar-refractivity contribution in [3.05, 3.63) is 79.3 Å². The van der Waals surface area contributed by atoms with Gasteiger partial charge < -0.3 is 19.0 Å². The fourth-order valence-corrected chi connectivity index (χ4v) is 4.04. The molecule has 28 heavy (non-hydrogen) atoms. The predicted octanol–water partition coefficient (Wildman–Crippen LogP) is 2.70. The molecule has 0 radical (unpaired) electrons. The second-order valence-corrected chi connectivity index (χ2v) is 7.42. The average Bonchev–Trinajstić information content (AvgIpc) is 3.25. The van der Waals surface area contributed by atoms with Gasteiger partial charge in [-0.15, -0.1) is 0 Å². The SMILES string of the molecule is C=c1[nH]c(=O)s/c1=C\c1cccc2c1ccn2Cc1ccc(OC)cc1OC. The highest BCUT2D eigenvalue weighted by Crippen LogP contribution is 2.27. The van der Waals surface area contributed by atoms with E-state index in [0.29, 0.717) is 11.9 Å². The van der Waals surface area contributed by atoms with Crippen LogP contribution in [0.5, 0.6) is 11.5 Å². The number of aromatic nitrogens is 2. The van der Waals surface area contributed by atoms with Gasteiger partial charge in [0.1, 0.15) is 11.5 Å². The molecule has 0 saturated heterocycles. The Kier molecular flexibility index (Phi) is 4.79. The van der Waals surface area contributed by atoms with E-state index in [-0.39, 0.29) is 4.87 Å². The molecule has 0 aliphatic heterocycles. The number of thiazole rings is 1. The molecular formula is C22H20N2O3S. The molecule has 1 N–H and O–H groups in total. The largest absolute Gasteiger partial charge is 0.497 e. The molecule has 0 atom stereocenters. The first-order chi connectivity index (χ1) is 13.6. The highest BCUT2D eigenvalue weighted by Gasteiger charge is 2.09. The van der Waals surface area contributed by atoms with Crippen molar-refractivity contribution in [1.29, 1.82) is 0 Å². The van der Waals surface area contributed by atoms with Gasteiger partial charge in [0, 0.05) is 28.7 Å². The van der Waals surface area contributed by atoms with Crippen LogP contribution in [-0.4, -0.2) is 23.8 Å². The standard InChI is InChI=1S/C22H20N2O3S/c1-14-21(28-22(25)23-14)11-15-5-4-6-19-18(15)9-10-24(19)13-16-7-8-17(26-2)12-20(16)27-3/h4-12H,1,13H2,2-3H3,(H,23,25)/b21-11-. The molecule has 0 fully saturated rings. The summed E-state index contributed by atoms with van der Waals surface area (Å²) < 4.78 is 13.8. The van der Waals surface area contributed by atoms with Crippen molar-refractivity contribution in [1.82, 2.24) is 9.55 Å². The fourth-order valence-electron chi connectivity index (χ4n) is 3.31. The first-order valence-corrected chi connectivity index (χ1v) is 9.59. The van der Waals surface area contributed by atoms with Crippen LogP contribution in [-0.2, 0) is 6.54 Å². The van der Waals surface area contributed by atoms with Crippen molar-refractivity contribution >= 4 is 34.9 Å². The van der Waals surface area contributed by atoms with Gasteiger partial charge in [0.25, 0.3) is 0 Å². The van der Waals surface area contributed by atoms with Crippen molar-refractivity contribution < 1.29 is 9.47 Å². The van der Waals surface area contributed by atoms with Gasteiger partial charge in [-0.25, -0.2) is 0 Å². The van der Waals surface area contributed by atoms with Crippen LogP contribution in [0, 0.1) is 0 Å². The number of methoxy groups -OCH3 is 2. The number of hydrogen-bond donors (Lipinski definition) is 1. The third-order valence-electron chi connectivity index (χ3n) is 4.72. The summed E-state index contributed by atoms with van der Waals surface area (Å²) in [6.45, 7) is 4.58. The lowest BCUT2D eigenvalue weighted by Crippen LogP contribution is -2.19. The molecule has 2 heterocycles. The molecule has 0 aliphatic carbocycles. The van der Waals surface area contributed by atoms with Gasteiger partial charge in [0.05, 0.1) is 30.6 Å². The number of benzene rings is 2. The fraction of sp³-hybridized carbons (Fsp3) is 0.136. The maximum absolute atomic E-state index is 11.6. The Bertz CT molecular complexity index is 1310. The molecule has 5 nitrogen and oxygen atoms in total. The molecule has 4 rings (SSSR count). The highest BCUT2D eigenvalue weighted by atomic mass is 32.1. The minimum atomic E-state index is -0.0902. The maximum atomic E-state index is 11.6. The molecule has 6 heteroatoms. The average molecular weight is 392 g/mol. The number of nitrogens with zero attached hydrogens (tertiary/aromatic N) is 1. The first kappa shape index (κ1) is 18.1. The van der Waals surface area contributed by atoms with Crippen LogP contribution in [0.1, 0.15) is 11.1 Å². The van der Waals surface area contributed by atoms with Gasteiger partial charge in [0.2, 0.25) is 0 Å². The second-order valence-electron chi connectivity index (χ2n) is 6.40. The smallest absolute Gasteiger partial charge is 0.305 e. The Morgan fingerprint density at radius 3 is 2.75 bits per heavy atom. The zero-order valence-electron chi connectivity index (χ0n) is 15.7. The van der Waals surface area contributed by atoms with Crippen molar-refractivity contribution in [2.24, 2.45) is 0 Å². The van der Waals surface area contributed by atoms with E-state index in [2.05, 4.69) is 34.5 Å². The lowest BCUT2D eigenvalue weighted by molar-refractivity contribution is 0.390. The normalized spacial score (nSPS) is 11.9. The summed E-state index contributed by atoms with van der Waals surface area (Å²) >= 11 is 1.17. The monoisotopic (exact) mass is 392 g/mol. The Morgan fingerprint density at radius 2 is 2.04 bits per heavy atom. The van der Waals surface area contributed by atoms with Crippen LogP contribution in [0.3, 0.4) is 0 Å². The van der Waals surface area contributed by atoms with Gasteiger partial charge in [-0.3, -0.25) is 4.79 Å². The van der Waals surface area contributed by atoms with Crippen LogP contribution in [0.15, 0.2) is 53.5 Å². The number of ether oxygens (including phenoxy) is 2. The Balaban J connectivity index is 1.77. The molecule has 2 aromatic carbocycles. The van der Waals surface area contributed by atoms with Crippen LogP contribution >= 0.6 is 11.3 Å². The second kappa shape index (κ2) is 7.40. The molecule has 0 bridgehead atoms. The molecular weight excluding hydrogens is 372 g/mol. The van der Waals surface area contributed by atoms with E-state index < -0.39 is 0 Å². The number of hydrogen-bond acceptors (Lipinski definition) is 4.